The molecule has 1 atom stereocenters. The number of anilines is 1. The number of benzene rings is 1. The summed E-state index contributed by atoms with van der Waals surface area (Å²) in [4.78, 5) is 24.4. The van der Waals surface area contributed by atoms with Crippen molar-refractivity contribution >= 4 is 28.2 Å². The van der Waals surface area contributed by atoms with Crippen LogP contribution in [-0.4, -0.2) is 11.8 Å². The van der Waals surface area contributed by atoms with Crippen molar-refractivity contribution in [1.29, 1.82) is 0 Å². The van der Waals surface area contributed by atoms with E-state index in [4.69, 9.17) is 0 Å². The van der Waals surface area contributed by atoms with Crippen molar-refractivity contribution in [2.75, 3.05) is 5.32 Å². The van der Waals surface area contributed by atoms with E-state index in [1.54, 1.807) is 19.1 Å². The molecule has 1 aromatic carbocycles. The zero-order chi connectivity index (χ0) is 17.3. The molecular weight excluding hydrogens is 334 g/mol. The number of amides is 2. The molecule has 0 saturated heterocycles. The number of carbonyl (C=O) groups excluding carboxylic acids is 2. The first-order valence-electron chi connectivity index (χ1n) is 7.60. The Morgan fingerprint density at radius 3 is 2.58 bits per heavy atom. The molecule has 0 unspecified atom stereocenters. The fourth-order valence-corrected chi connectivity index (χ4v) is 3.04. The Balaban J connectivity index is 1.62. The number of nitrogens with one attached hydrogen (secondary N) is 2. The van der Waals surface area contributed by atoms with Crippen LogP contribution in [0.3, 0.4) is 0 Å². The van der Waals surface area contributed by atoms with Gasteiger partial charge in [-0.15, -0.1) is 11.3 Å². The molecule has 2 N–H and O–H groups in total. The maximum absolute atomic E-state index is 13.3. The number of thiophene rings is 1. The monoisotopic (exact) mass is 350 g/mol. The summed E-state index contributed by atoms with van der Waals surface area (Å²) >= 11 is 1.18. The van der Waals surface area contributed by atoms with Crippen LogP contribution in [0.25, 0.3) is 0 Å². The minimum absolute atomic E-state index is 0.0148. The molecule has 1 saturated carbocycles. The third-order valence-corrected chi connectivity index (χ3v) is 4.82. The zero-order valence-electron chi connectivity index (χ0n) is 12.9. The second-order valence-corrected chi connectivity index (χ2v) is 6.88. The van der Waals surface area contributed by atoms with Crippen LogP contribution >= 0.6 is 11.3 Å². The first-order chi connectivity index (χ1) is 11.4. The van der Waals surface area contributed by atoms with Crippen LogP contribution < -0.4 is 10.6 Å². The van der Waals surface area contributed by atoms with Crippen LogP contribution in [0.1, 0.15) is 41.0 Å². The molecule has 0 radical (unpaired) electrons. The lowest BCUT2D eigenvalue weighted by molar-refractivity contribution is -0.117. The third-order valence-electron chi connectivity index (χ3n) is 3.82. The minimum atomic E-state index is -0.949. The van der Waals surface area contributed by atoms with Crippen LogP contribution in [0.5, 0.6) is 0 Å². The molecule has 0 spiro atoms. The number of rotatable bonds is 5. The number of hydrogen-bond acceptors (Lipinski definition) is 3. The summed E-state index contributed by atoms with van der Waals surface area (Å²) in [6.07, 6.45) is 1.83. The highest BCUT2D eigenvalue weighted by atomic mass is 32.1. The summed E-state index contributed by atoms with van der Waals surface area (Å²) in [5.41, 5.74) is 0.473. The Bertz CT molecular complexity index is 787. The van der Waals surface area contributed by atoms with Crippen molar-refractivity contribution in [2.24, 2.45) is 5.92 Å². The Kier molecular flexibility index (Phi) is 4.62. The predicted octanol–water partition coefficient (Wildman–Crippen LogP) is 3.87. The van der Waals surface area contributed by atoms with Crippen molar-refractivity contribution in [2.45, 2.75) is 25.8 Å². The fourth-order valence-electron chi connectivity index (χ4n) is 2.23. The van der Waals surface area contributed by atoms with Gasteiger partial charge in [0.1, 0.15) is 0 Å². The lowest BCUT2D eigenvalue weighted by Gasteiger charge is -2.13. The Labute approximate surface area is 141 Å². The number of carbonyl (C=O) groups is 2. The van der Waals surface area contributed by atoms with E-state index in [1.807, 2.05) is 0 Å². The highest BCUT2D eigenvalue weighted by Gasteiger charge is 2.29. The molecule has 4 nitrogen and oxygen atoms in total. The molecule has 1 fully saturated rings. The Morgan fingerprint density at radius 2 is 1.92 bits per heavy atom. The molecule has 0 aliphatic heterocycles. The number of hydrogen-bond donors (Lipinski definition) is 2. The standard InChI is InChI=1S/C17H16F2N2O2S/c1-9(11-4-5-12(18)13(19)8-11)20-17(23)14-6-7-15(24-14)21-16(22)10-2-3-10/h4-10H,2-3H2,1H3,(H,20,23)(H,21,22)/t9-/m0/s1. The van der Waals surface area contributed by atoms with Gasteiger partial charge in [-0.25, -0.2) is 8.78 Å². The molecule has 24 heavy (non-hydrogen) atoms. The molecule has 2 aromatic rings. The van der Waals surface area contributed by atoms with E-state index in [0.717, 1.165) is 25.0 Å². The summed E-state index contributed by atoms with van der Waals surface area (Å²) in [6.45, 7) is 1.69. The van der Waals surface area contributed by atoms with Crippen molar-refractivity contribution in [3.05, 3.63) is 52.4 Å². The maximum Gasteiger partial charge on any atom is 0.261 e. The lowest BCUT2D eigenvalue weighted by atomic mass is 10.1. The molecule has 1 aromatic heterocycles. The van der Waals surface area contributed by atoms with E-state index in [9.17, 15) is 18.4 Å². The summed E-state index contributed by atoms with van der Waals surface area (Å²) in [5.74, 6) is -2.12. The van der Waals surface area contributed by atoms with Gasteiger partial charge in [-0.3, -0.25) is 9.59 Å². The molecule has 1 aliphatic carbocycles. The van der Waals surface area contributed by atoms with Crippen LogP contribution in [-0.2, 0) is 4.79 Å². The predicted molar refractivity (Wildman–Crippen MR) is 87.9 cm³/mol. The topological polar surface area (TPSA) is 58.2 Å². The van der Waals surface area contributed by atoms with Gasteiger partial charge in [0.05, 0.1) is 15.9 Å². The quantitative estimate of drug-likeness (QED) is 0.860. The summed E-state index contributed by atoms with van der Waals surface area (Å²) in [5, 5.41) is 6.14. The Hall–Kier alpha value is -2.28. The van der Waals surface area contributed by atoms with Crippen LogP contribution in [0, 0.1) is 17.6 Å². The van der Waals surface area contributed by atoms with Crippen molar-refractivity contribution in [3.8, 4) is 0 Å². The van der Waals surface area contributed by atoms with Gasteiger partial charge in [-0.1, -0.05) is 6.07 Å². The first kappa shape index (κ1) is 16.6. The van der Waals surface area contributed by atoms with Gasteiger partial charge in [0.2, 0.25) is 5.91 Å². The fraction of sp³-hybridized carbons (Fsp3) is 0.294. The van der Waals surface area contributed by atoms with E-state index in [0.29, 0.717) is 15.4 Å². The molecule has 3 rings (SSSR count). The lowest BCUT2D eigenvalue weighted by Crippen LogP contribution is -2.26. The second-order valence-electron chi connectivity index (χ2n) is 5.80. The van der Waals surface area contributed by atoms with E-state index in [-0.39, 0.29) is 17.7 Å². The second kappa shape index (κ2) is 6.68. The van der Waals surface area contributed by atoms with Gasteiger partial charge >= 0.3 is 0 Å². The largest absolute Gasteiger partial charge is 0.345 e. The maximum atomic E-state index is 13.3. The van der Waals surface area contributed by atoms with Crippen LogP contribution in [0.2, 0.25) is 0 Å². The summed E-state index contributed by atoms with van der Waals surface area (Å²) < 4.78 is 26.2. The molecule has 1 aliphatic rings. The average Bonchev–Trinajstić information content (AvgIpc) is 3.30. The third kappa shape index (κ3) is 3.79. The molecule has 7 heteroatoms. The van der Waals surface area contributed by atoms with Gasteiger partial charge in [0, 0.05) is 5.92 Å². The van der Waals surface area contributed by atoms with E-state index < -0.39 is 17.7 Å². The smallest absolute Gasteiger partial charge is 0.261 e. The van der Waals surface area contributed by atoms with Gasteiger partial charge in [0.25, 0.3) is 5.91 Å². The summed E-state index contributed by atoms with van der Waals surface area (Å²) in [6, 6.07) is 6.36. The average molecular weight is 350 g/mol. The first-order valence-corrected chi connectivity index (χ1v) is 8.42. The highest BCUT2D eigenvalue weighted by Crippen LogP contribution is 2.31. The number of halogens is 2. The van der Waals surface area contributed by atoms with E-state index in [1.165, 1.54) is 17.4 Å². The Morgan fingerprint density at radius 1 is 1.17 bits per heavy atom. The van der Waals surface area contributed by atoms with Crippen molar-refractivity contribution < 1.29 is 18.4 Å². The molecule has 0 bridgehead atoms. The molecule has 1 heterocycles. The SMILES string of the molecule is C[C@H](NC(=O)c1ccc(NC(=O)C2CC2)s1)c1ccc(F)c(F)c1. The molecule has 2 amide bonds. The van der Waals surface area contributed by atoms with Crippen LogP contribution in [0.15, 0.2) is 30.3 Å². The minimum Gasteiger partial charge on any atom is -0.345 e. The zero-order valence-corrected chi connectivity index (χ0v) is 13.8. The van der Waals surface area contributed by atoms with Gasteiger partial charge in [0.15, 0.2) is 11.6 Å². The van der Waals surface area contributed by atoms with E-state index >= 15 is 0 Å². The molecule has 126 valence electrons. The van der Waals surface area contributed by atoms with Gasteiger partial charge in [-0.2, -0.15) is 0 Å². The summed E-state index contributed by atoms with van der Waals surface area (Å²) in [7, 11) is 0. The van der Waals surface area contributed by atoms with Crippen LogP contribution in [0.4, 0.5) is 13.8 Å². The van der Waals surface area contributed by atoms with E-state index in [2.05, 4.69) is 10.6 Å². The van der Waals surface area contributed by atoms with Crippen molar-refractivity contribution in [3.63, 3.8) is 0 Å². The normalized spacial score (nSPS) is 15.0. The highest BCUT2D eigenvalue weighted by molar-refractivity contribution is 7.18. The van der Waals surface area contributed by atoms with Crippen molar-refractivity contribution in [1.82, 2.24) is 5.32 Å². The van der Waals surface area contributed by atoms with Gasteiger partial charge in [-0.05, 0) is 49.6 Å². The van der Waals surface area contributed by atoms with Gasteiger partial charge < -0.3 is 10.6 Å². The molecular formula is C17H16F2N2O2S.